The fraction of sp³-hybridized carbons (Fsp3) is 0.667. The number of nitrogens with two attached hydrogens (primary N) is 1. The van der Waals surface area contributed by atoms with Crippen LogP contribution < -0.4 is 5.73 Å². The highest BCUT2D eigenvalue weighted by Gasteiger charge is 2.41. The summed E-state index contributed by atoms with van der Waals surface area (Å²) in [6, 6.07) is 0. The van der Waals surface area contributed by atoms with Crippen LogP contribution >= 0.6 is 0 Å². The van der Waals surface area contributed by atoms with Crippen LogP contribution in [0.25, 0.3) is 0 Å². The third-order valence-electron chi connectivity index (χ3n) is 1.92. The maximum Gasteiger partial charge on any atom is 0.267 e. The van der Waals surface area contributed by atoms with Gasteiger partial charge in [0.15, 0.2) is 11.8 Å². The molecule has 0 aromatic heterocycles. The molecule has 2 rings (SSSR count). The van der Waals surface area contributed by atoms with Crippen molar-refractivity contribution in [1.82, 2.24) is 0 Å². The Balaban J connectivity index is 2.18. The zero-order valence-corrected chi connectivity index (χ0v) is 5.82. The lowest BCUT2D eigenvalue weighted by Crippen LogP contribution is -2.31. The summed E-state index contributed by atoms with van der Waals surface area (Å²) in [5.41, 5.74) is 5.36. The second-order valence-electron chi connectivity index (χ2n) is 2.63. The molecule has 0 aromatic carbocycles. The second-order valence-corrected chi connectivity index (χ2v) is 2.63. The van der Waals surface area contributed by atoms with Crippen molar-refractivity contribution in [3.05, 3.63) is 0 Å². The van der Waals surface area contributed by atoms with E-state index in [2.05, 4.69) is 5.16 Å². The molecule has 0 bridgehead atoms. The molecule has 2 atom stereocenters. The van der Waals surface area contributed by atoms with Gasteiger partial charge in [0.2, 0.25) is 0 Å². The first-order valence-corrected chi connectivity index (χ1v) is 3.40. The van der Waals surface area contributed by atoms with E-state index in [0.717, 1.165) is 0 Å². The molecule has 5 nitrogen and oxygen atoms in total. The molecule has 2 aliphatic heterocycles. The van der Waals surface area contributed by atoms with Crippen LogP contribution in [0.15, 0.2) is 5.16 Å². The average Bonchev–Trinajstić information content (AvgIpc) is 2.41. The van der Waals surface area contributed by atoms with E-state index in [1.807, 2.05) is 0 Å². The van der Waals surface area contributed by atoms with Crippen molar-refractivity contribution in [2.24, 2.45) is 16.8 Å². The van der Waals surface area contributed by atoms with Crippen LogP contribution in [0.1, 0.15) is 0 Å². The Hall–Kier alpha value is -1.10. The molecule has 2 N–H and O–H groups in total. The average molecular weight is 156 g/mol. The quantitative estimate of drug-likeness (QED) is 0.522. The third-order valence-corrected chi connectivity index (χ3v) is 1.92. The fourth-order valence-corrected chi connectivity index (χ4v) is 1.31. The first-order valence-electron chi connectivity index (χ1n) is 3.40. The van der Waals surface area contributed by atoms with Gasteiger partial charge in [-0.25, -0.2) is 0 Å². The first-order chi connectivity index (χ1) is 5.29. The predicted molar refractivity (Wildman–Crippen MR) is 35.8 cm³/mol. The third kappa shape index (κ3) is 0.883. The zero-order chi connectivity index (χ0) is 7.84. The molecule has 0 saturated carbocycles. The van der Waals surface area contributed by atoms with Crippen molar-refractivity contribution in [1.29, 1.82) is 0 Å². The minimum Gasteiger partial charge on any atom is -0.389 e. The summed E-state index contributed by atoms with van der Waals surface area (Å²) in [6.07, 6.45) is -0.0856. The summed E-state index contributed by atoms with van der Waals surface area (Å²) >= 11 is 0. The standard InChI is InChI=1S/C6H8N2O3/c7-6(9)5-3-1-10-2-4(3)11-8-5/h3-4H,1-2H2,(H2,7,9)/t3-,4+/m1/s1. The summed E-state index contributed by atoms with van der Waals surface area (Å²) in [5.74, 6) is -0.546. The summed E-state index contributed by atoms with van der Waals surface area (Å²) in [4.78, 5) is 15.6. The van der Waals surface area contributed by atoms with E-state index in [1.54, 1.807) is 0 Å². The van der Waals surface area contributed by atoms with Gasteiger partial charge in [0.1, 0.15) is 0 Å². The number of hydrogen-bond acceptors (Lipinski definition) is 4. The molecule has 0 aromatic rings. The van der Waals surface area contributed by atoms with Crippen molar-refractivity contribution < 1.29 is 14.4 Å². The molecule has 0 unspecified atom stereocenters. The van der Waals surface area contributed by atoms with E-state index < -0.39 is 5.91 Å². The minimum atomic E-state index is -0.511. The van der Waals surface area contributed by atoms with E-state index in [-0.39, 0.29) is 12.0 Å². The second kappa shape index (κ2) is 2.20. The lowest BCUT2D eigenvalue weighted by molar-refractivity contribution is -0.112. The van der Waals surface area contributed by atoms with Crippen LogP contribution in [0.3, 0.4) is 0 Å². The molecule has 0 aliphatic carbocycles. The minimum absolute atomic E-state index is 0.0347. The number of carbonyl (C=O) groups is 1. The molecule has 1 fully saturated rings. The molecule has 1 amide bonds. The van der Waals surface area contributed by atoms with Gasteiger partial charge in [0.25, 0.3) is 5.91 Å². The Morgan fingerprint density at radius 1 is 1.64 bits per heavy atom. The first kappa shape index (κ1) is 6.60. The molecule has 2 heterocycles. The van der Waals surface area contributed by atoms with E-state index in [9.17, 15) is 4.79 Å². The number of rotatable bonds is 1. The Kier molecular flexibility index (Phi) is 1.32. The Morgan fingerprint density at radius 3 is 3.18 bits per heavy atom. The van der Waals surface area contributed by atoms with Crippen LogP contribution in [0, 0.1) is 5.92 Å². The number of primary amides is 1. The van der Waals surface area contributed by atoms with Crippen molar-refractivity contribution in [3.63, 3.8) is 0 Å². The van der Waals surface area contributed by atoms with Crippen molar-refractivity contribution in [3.8, 4) is 0 Å². The highest BCUT2D eigenvalue weighted by molar-refractivity contribution is 6.39. The molecular formula is C6H8N2O3. The van der Waals surface area contributed by atoms with Gasteiger partial charge in [-0.1, -0.05) is 5.16 Å². The maximum atomic E-state index is 10.7. The Bertz CT molecular complexity index is 226. The number of fused-ring (bicyclic) bond motifs is 1. The largest absolute Gasteiger partial charge is 0.389 e. The van der Waals surface area contributed by atoms with Crippen LogP contribution in [-0.4, -0.2) is 30.9 Å². The molecule has 0 spiro atoms. The Labute approximate surface area is 63.1 Å². The molecule has 60 valence electrons. The van der Waals surface area contributed by atoms with Crippen LogP contribution in [-0.2, 0) is 14.4 Å². The normalized spacial score (nSPS) is 34.4. The highest BCUT2D eigenvalue weighted by Crippen LogP contribution is 2.24. The summed E-state index contributed by atoms with van der Waals surface area (Å²) in [7, 11) is 0. The monoisotopic (exact) mass is 156 g/mol. The van der Waals surface area contributed by atoms with E-state index >= 15 is 0 Å². The fourth-order valence-electron chi connectivity index (χ4n) is 1.31. The maximum absolute atomic E-state index is 10.7. The van der Waals surface area contributed by atoms with Gasteiger partial charge in [-0.05, 0) is 0 Å². The highest BCUT2D eigenvalue weighted by atomic mass is 16.7. The van der Waals surface area contributed by atoms with Crippen LogP contribution in [0.5, 0.6) is 0 Å². The number of carbonyl (C=O) groups excluding carboxylic acids is 1. The molecule has 2 aliphatic rings. The van der Waals surface area contributed by atoms with E-state index in [1.165, 1.54) is 0 Å². The molecule has 1 saturated heterocycles. The van der Waals surface area contributed by atoms with E-state index in [0.29, 0.717) is 18.9 Å². The van der Waals surface area contributed by atoms with Crippen LogP contribution in [0.2, 0.25) is 0 Å². The van der Waals surface area contributed by atoms with Crippen molar-refractivity contribution >= 4 is 11.6 Å². The van der Waals surface area contributed by atoms with Gasteiger partial charge in [0.05, 0.1) is 19.1 Å². The lowest BCUT2D eigenvalue weighted by Gasteiger charge is -2.02. The van der Waals surface area contributed by atoms with Gasteiger partial charge in [-0.3, -0.25) is 4.79 Å². The van der Waals surface area contributed by atoms with Crippen molar-refractivity contribution in [2.45, 2.75) is 6.10 Å². The van der Waals surface area contributed by atoms with Gasteiger partial charge in [0, 0.05) is 0 Å². The van der Waals surface area contributed by atoms with Gasteiger partial charge < -0.3 is 15.3 Å². The Morgan fingerprint density at radius 2 is 2.45 bits per heavy atom. The summed E-state index contributed by atoms with van der Waals surface area (Å²) in [6.45, 7) is 0.997. The van der Waals surface area contributed by atoms with Crippen LogP contribution in [0.4, 0.5) is 0 Å². The number of hydrogen-bond donors (Lipinski definition) is 1. The molecule has 11 heavy (non-hydrogen) atoms. The van der Waals surface area contributed by atoms with Gasteiger partial charge >= 0.3 is 0 Å². The zero-order valence-electron chi connectivity index (χ0n) is 5.82. The van der Waals surface area contributed by atoms with Gasteiger partial charge in [-0.2, -0.15) is 0 Å². The molecular weight excluding hydrogens is 148 g/mol. The smallest absolute Gasteiger partial charge is 0.267 e. The topological polar surface area (TPSA) is 73.9 Å². The number of nitrogens with zero attached hydrogens (tertiary/aromatic N) is 1. The number of amides is 1. The summed E-state index contributed by atoms with van der Waals surface area (Å²) < 4.78 is 5.08. The SMILES string of the molecule is NC(=O)C1=NO[C@H]2COC[C@@H]12. The van der Waals surface area contributed by atoms with E-state index in [4.69, 9.17) is 15.3 Å². The van der Waals surface area contributed by atoms with Gasteiger partial charge in [-0.15, -0.1) is 0 Å². The molecule has 5 heteroatoms. The van der Waals surface area contributed by atoms with Crippen molar-refractivity contribution in [2.75, 3.05) is 13.2 Å². The number of ether oxygens (including phenoxy) is 1. The molecule has 0 radical (unpaired) electrons. The predicted octanol–water partition coefficient (Wildman–Crippen LogP) is -1.13. The number of oxime groups is 1. The summed E-state index contributed by atoms with van der Waals surface area (Å²) in [5, 5.41) is 3.58. The lowest BCUT2D eigenvalue weighted by atomic mass is 10.0.